The van der Waals surface area contributed by atoms with Crippen LogP contribution in [0.5, 0.6) is 0 Å². The predicted octanol–water partition coefficient (Wildman–Crippen LogP) is 4.54. The van der Waals surface area contributed by atoms with Crippen LogP contribution in [0.15, 0.2) is 29.1 Å². The maximum atomic E-state index is 12.2. The molecular formula is C26H42N2O3. The largest absolute Gasteiger partial charge is 0.393 e. The van der Waals surface area contributed by atoms with Gasteiger partial charge in [0.2, 0.25) is 0 Å². The lowest BCUT2D eigenvalue weighted by Gasteiger charge is -2.63. The van der Waals surface area contributed by atoms with Gasteiger partial charge in [-0.05, 0) is 99.4 Å². The fourth-order valence-corrected chi connectivity index (χ4v) is 8.24. The van der Waals surface area contributed by atoms with Crippen LogP contribution in [0.3, 0.4) is 0 Å². The maximum absolute atomic E-state index is 12.2. The lowest BCUT2D eigenvalue weighted by molar-refractivity contribution is -0.207. The Morgan fingerprint density at radius 2 is 1.94 bits per heavy atom. The molecule has 31 heavy (non-hydrogen) atoms. The molecule has 0 bridgehead atoms. The standard InChI is InChI=1S/C26H42N2O3/c1-24-13-11-20(29)16-19(24)8-9-23-22(24)12-14-25(2)18(10-15-26(23,25)30)6-4-5-7-21(17-27)31-28-3/h4,6-7,18-20,22-23,29-30H,3,5,8-17,27H2,1-2H3/b6-4+,21-7-/t18-,19+,20-,22?,23?,24-,25+,26-/m0/s1. The first-order valence-electron chi connectivity index (χ1n) is 12.4. The van der Waals surface area contributed by atoms with Crippen LogP contribution < -0.4 is 5.73 Å². The second-order valence-corrected chi connectivity index (χ2v) is 11.2. The van der Waals surface area contributed by atoms with E-state index in [2.05, 4.69) is 37.9 Å². The molecule has 4 rings (SSSR count). The Hall–Kier alpha value is -1.17. The minimum Gasteiger partial charge on any atom is -0.393 e. The van der Waals surface area contributed by atoms with E-state index in [1.54, 1.807) is 0 Å². The van der Waals surface area contributed by atoms with Crippen LogP contribution in [0, 0.1) is 34.5 Å². The van der Waals surface area contributed by atoms with E-state index in [0.29, 0.717) is 36.0 Å². The van der Waals surface area contributed by atoms with Gasteiger partial charge in [-0.1, -0.05) is 31.2 Å². The van der Waals surface area contributed by atoms with Gasteiger partial charge < -0.3 is 20.8 Å². The summed E-state index contributed by atoms with van der Waals surface area (Å²) in [5.41, 5.74) is 5.33. The summed E-state index contributed by atoms with van der Waals surface area (Å²) in [6.45, 7) is 8.47. The molecule has 4 saturated carbocycles. The fourth-order valence-electron chi connectivity index (χ4n) is 8.24. The highest BCUT2D eigenvalue weighted by atomic mass is 16.6. The van der Waals surface area contributed by atoms with Crippen molar-refractivity contribution in [3.8, 4) is 0 Å². The van der Waals surface area contributed by atoms with Gasteiger partial charge in [0.05, 0.1) is 18.2 Å². The molecule has 0 aromatic carbocycles. The Kier molecular flexibility index (Phi) is 6.41. The molecule has 174 valence electrons. The van der Waals surface area contributed by atoms with Gasteiger partial charge in [-0.3, -0.25) is 0 Å². The average Bonchev–Trinajstić information content (AvgIpc) is 3.02. The lowest BCUT2D eigenvalue weighted by Crippen LogP contribution is -2.62. The number of allylic oxidation sites excluding steroid dienone is 3. The summed E-state index contributed by atoms with van der Waals surface area (Å²) < 4.78 is 0. The van der Waals surface area contributed by atoms with Gasteiger partial charge in [0.1, 0.15) is 5.76 Å². The number of fused-ring (bicyclic) bond motifs is 5. The molecule has 0 aromatic rings. The van der Waals surface area contributed by atoms with Gasteiger partial charge in [-0.15, -0.1) is 0 Å². The topological polar surface area (TPSA) is 88.1 Å². The number of oxime groups is 1. The number of hydrogen-bond acceptors (Lipinski definition) is 5. The third-order valence-electron chi connectivity index (χ3n) is 10.1. The van der Waals surface area contributed by atoms with Gasteiger partial charge in [0, 0.05) is 12.1 Å². The molecule has 4 aliphatic carbocycles. The Morgan fingerprint density at radius 1 is 1.13 bits per heavy atom. The number of nitrogens with two attached hydrogens (primary N) is 1. The molecule has 0 radical (unpaired) electrons. The predicted molar refractivity (Wildman–Crippen MR) is 124 cm³/mol. The maximum Gasteiger partial charge on any atom is 0.144 e. The van der Waals surface area contributed by atoms with Crippen molar-refractivity contribution in [1.82, 2.24) is 0 Å². The summed E-state index contributed by atoms with van der Waals surface area (Å²) in [7, 11) is 0. The molecule has 0 aliphatic heterocycles. The molecule has 0 aromatic heterocycles. The van der Waals surface area contributed by atoms with Gasteiger partial charge >= 0.3 is 0 Å². The highest BCUT2D eigenvalue weighted by Crippen LogP contribution is 2.69. The van der Waals surface area contributed by atoms with Crippen LogP contribution >= 0.6 is 0 Å². The van der Waals surface area contributed by atoms with E-state index in [9.17, 15) is 10.2 Å². The van der Waals surface area contributed by atoms with E-state index < -0.39 is 5.60 Å². The normalized spacial score (nSPS) is 47.5. The number of aliphatic hydroxyl groups is 2. The lowest BCUT2D eigenvalue weighted by atomic mass is 9.43. The second-order valence-electron chi connectivity index (χ2n) is 11.2. The summed E-state index contributed by atoms with van der Waals surface area (Å²) in [6.07, 6.45) is 16.7. The van der Waals surface area contributed by atoms with Crippen LogP contribution in [0.4, 0.5) is 0 Å². The molecule has 0 amide bonds. The number of hydrogen-bond donors (Lipinski definition) is 3. The number of rotatable bonds is 6. The van der Waals surface area contributed by atoms with Crippen molar-refractivity contribution in [2.45, 2.75) is 89.8 Å². The first-order chi connectivity index (χ1) is 14.8. The minimum absolute atomic E-state index is 0.0539. The Balaban J connectivity index is 1.49. The molecule has 0 saturated heterocycles. The SMILES string of the molecule is C=NO/C(=C\C/C=C/[C@H]1CC[C@]2(O)C3CC[C@@H]4C[C@@H](O)CC[C@]4(C)C3CC[C@]12C)CN. The van der Waals surface area contributed by atoms with Gasteiger partial charge in [-0.25, -0.2) is 0 Å². The van der Waals surface area contributed by atoms with Gasteiger partial charge in [-0.2, -0.15) is 0 Å². The van der Waals surface area contributed by atoms with Crippen LogP contribution in [0.25, 0.3) is 0 Å². The van der Waals surface area contributed by atoms with E-state index in [0.717, 1.165) is 57.8 Å². The third kappa shape index (κ3) is 3.71. The van der Waals surface area contributed by atoms with Crippen molar-refractivity contribution < 1.29 is 15.1 Å². The molecule has 4 aliphatic rings. The molecular weight excluding hydrogens is 388 g/mol. The molecule has 2 unspecified atom stereocenters. The number of nitrogens with zero attached hydrogens (tertiary/aromatic N) is 1. The smallest absolute Gasteiger partial charge is 0.144 e. The van der Waals surface area contributed by atoms with Crippen molar-refractivity contribution in [1.29, 1.82) is 0 Å². The zero-order chi connectivity index (χ0) is 22.3. The molecule has 0 spiro atoms. The Labute approximate surface area is 187 Å². The molecule has 5 nitrogen and oxygen atoms in total. The van der Waals surface area contributed by atoms with Crippen molar-refractivity contribution in [3.63, 3.8) is 0 Å². The van der Waals surface area contributed by atoms with Crippen LogP contribution in [-0.2, 0) is 4.84 Å². The summed E-state index contributed by atoms with van der Waals surface area (Å²) in [5, 5.41) is 25.9. The molecule has 4 fully saturated rings. The highest BCUT2D eigenvalue weighted by Gasteiger charge is 2.66. The average molecular weight is 431 g/mol. The van der Waals surface area contributed by atoms with E-state index in [4.69, 9.17) is 10.6 Å². The summed E-state index contributed by atoms with van der Waals surface area (Å²) in [5.74, 6) is 2.66. The molecule has 0 heterocycles. The van der Waals surface area contributed by atoms with Crippen LogP contribution in [0.1, 0.15) is 78.1 Å². The minimum atomic E-state index is -0.566. The number of aliphatic hydroxyl groups excluding tert-OH is 1. The monoisotopic (exact) mass is 430 g/mol. The van der Waals surface area contributed by atoms with Gasteiger partial charge in [0.15, 0.2) is 0 Å². The van der Waals surface area contributed by atoms with E-state index >= 15 is 0 Å². The Morgan fingerprint density at radius 3 is 2.68 bits per heavy atom. The van der Waals surface area contributed by atoms with E-state index in [1.165, 1.54) is 6.42 Å². The van der Waals surface area contributed by atoms with Crippen molar-refractivity contribution in [2.24, 2.45) is 45.4 Å². The zero-order valence-corrected chi connectivity index (χ0v) is 19.4. The summed E-state index contributed by atoms with van der Waals surface area (Å²) in [6, 6.07) is 0. The zero-order valence-electron chi connectivity index (χ0n) is 19.4. The highest BCUT2D eigenvalue weighted by molar-refractivity contribution is 5.22. The first kappa shape index (κ1) is 23.0. The third-order valence-corrected chi connectivity index (χ3v) is 10.1. The van der Waals surface area contributed by atoms with E-state index in [-0.39, 0.29) is 16.9 Å². The summed E-state index contributed by atoms with van der Waals surface area (Å²) in [4.78, 5) is 5.06. The fraction of sp³-hybridized carbons (Fsp3) is 0.808. The van der Waals surface area contributed by atoms with Gasteiger partial charge in [0.25, 0.3) is 0 Å². The Bertz CT molecular complexity index is 736. The van der Waals surface area contributed by atoms with Crippen molar-refractivity contribution in [2.75, 3.05) is 6.54 Å². The second kappa shape index (κ2) is 8.64. The van der Waals surface area contributed by atoms with Crippen LogP contribution in [-0.4, -0.2) is 35.2 Å². The molecule has 4 N–H and O–H groups in total. The molecule has 8 atom stereocenters. The van der Waals surface area contributed by atoms with E-state index in [1.807, 2.05) is 6.08 Å². The molecule has 5 heteroatoms. The first-order valence-corrected chi connectivity index (χ1v) is 12.4. The summed E-state index contributed by atoms with van der Waals surface area (Å²) >= 11 is 0. The van der Waals surface area contributed by atoms with Crippen molar-refractivity contribution >= 4 is 6.72 Å². The van der Waals surface area contributed by atoms with Crippen LogP contribution in [0.2, 0.25) is 0 Å². The van der Waals surface area contributed by atoms with Crippen molar-refractivity contribution in [3.05, 3.63) is 24.0 Å². The quantitative estimate of drug-likeness (QED) is 0.250.